The molecule has 0 aliphatic heterocycles. The minimum atomic E-state index is -3.51. The number of nitrogens with one attached hydrogen (secondary N) is 1. The van der Waals surface area contributed by atoms with Gasteiger partial charge in [0.05, 0.1) is 4.90 Å². The van der Waals surface area contributed by atoms with Gasteiger partial charge in [-0.1, -0.05) is 24.3 Å². The number of carbonyl (C=O) groups is 1. The van der Waals surface area contributed by atoms with Crippen LogP contribution in [0.4, 0.5) is 0 Å². The second kappa shape index (κ2) is 7.88. The van der Waals surface area contributed by atoms with Crippen LogP contribution in [0.15, 0.2) is 53.4 Å². The highest BCUT2D eigenvalue weighted by molar-refractivity contribution is 7.89. The van der Waals surface area contributed by atoms with E-state index in [0.717, 1.165) is 30.4 Å². The number of fused-ring (bicyclic) bond motifs is 1. The second-order valence-electron chi connectivity index (χ2n) is 6.37. The summed E-state index contributed by atoms with van der Waals surface area (Å²) in [4.78, 5) is 11.1. The highest BCUT2D eigenvalue weighted by Gasteiger charge is 2.23. The van der Waals surface area contributed by atoms with Crippen molar-refractivity contribution in [2.24, 2.45) is 5.73 Å². The molecule has 0 fully saturated rings. The van der Waals surface area contributed by atoms with Crippen molar-refractivity contribution >= 4 is 15.9 Å². The fourth-order valence-electron chi connectivity index (χ4n) is 3.24. The van der Waals surface area contributed by atoms with Crippen LogP contribution in [0, 0.1) is 0 Å². The van der Waals surface area contributed by atoms with Crippen molar-refractivity contribution in [1.82, 2.24) is 4.72 Å². The maximum absolute atomic E-state index is 12.4. The lowest BCUT2D eigenvalue weighted by molar-refractivity contribution is -0.119. The average molecular weight is 374 g/mol. The minimum Gasteiger partial charge on any atom is -0.484 e. The van der Waals surface area contributed by atoms with E-state index in [-0.39, 0.29) is 17.4 Å². The monoisotopic (exact) mass is 374 g/mol. The van der Waals surface area contributed by atoms with Crippen LogP contribution in [-0.2, 0) is 21.2 Å². The maximum atomic E-state index is 12.4. The first kappa shape index (κ1) is 18.4. The molecule has 3 N–H and O–H groups in total. The molecule has 7 heteroatoms. The lowest BCUT2D eigenvalue weighted by atomic mass is 9.83. The number of carbonyl (C=O) groups excluding carboxylic acids is 1. The summed E-state index contributed by atoms with van der Waals surface area (Å²) in [5, 5.41) is 0. The average Bonchev–Trinajstić information content (AvgIpc) is 2.65. The molecule has 0 bridgehead atoms. The topological polar surface area (TPSA) is 98.5 Å². The highest BCUT2D eigenvalue weighted by Crippen LogP contribution is 2.33. The fourth-order valence-corrected chi connectivity index (χ4v) is 4.34. The van der Waals surface area contributed by atoms with Gasteiger partial charge in [-0.25, -0.2) is 13.1 Å². The summed E-state index contributed by atoms with van der Waals surface area (Å²) < 4.78 is 32.9. The van der Waals surface area contributed by atoms with E-state index >= 15 is 0 Å². The molecule has 138 valence electrons. The summed E-state index contributed by atoms with van der Waals surface area (Å²) in [6.07, 6.45) is 2.81. The summed E-state index contributed by atoms with van der Waals surface area (Å²) in [5.41, 5.74) is 7.35. The largest absolute Gasteiger partial charge is 0.484 e. The first-order chi connectivity index (χ1) is 12.5. The van der Waals surface area contributed by atoms with Crippen molar-refractivity contribution in [3.05, 3.63) is 59.7 Å². The van der Waals surface area contributed by atoms with E-state index in [9.17, 15) is 13.2 Å². The molecule has 1 unspecified atom stereocenters. The Labute approximate surface area is 153 Å². The van der Waals surface area contributed by atoms with Crippen LogP contribution in [0.5, 0.6) is 5.75 Å². The molecule has 1 amide bonds. The molecule has 0 aromatic heterocycles. The molecule has 2 aromatic rings. The van der Waals surface area contributed by atoms with Crippen LogP contribution in [0.25, 0.3) is 0 Å². The predicted octanol–water partition coefficient (Wildman–Crippen LogP) is 1.95. The van der Waals surface area contributed by atoms with Crippen LogP contribution in [-0.4, -0.2) is 27.5 Å². The Morgan fingerprint density at radius 3 is 2.69 bits per heavy atom. The summed E-state index contributed by atoms with van der Waals surface area (Å²) in [5.74, 6) is 0.200. The van der Waals surface area contributed by atoms with Crippen LogP contribution < -0.4 is 15.2 Å². The van der Waals surface area contributed by atoms with Crippen molar-refractivity contribution in [3.8, 4) is 5.75 Å². The first-order valence-corrected chi connectivity index (χ1v) is 10.0. The predicted molar refractivity (Wildman–Crippen MR) is 98.4 cm³/mol. The van der Waals surface area contributed by atoms with E-state index in [1.165, 1.54) is 0 Å². The number of hydrogen-bond acceptors (Lipinski definition) is 4. The smallest absolute Gasteiger partial charge is 0.255 e. The molecule has 0 spiro atoms. The molecule has 3 rings (SSSR count). The normalized spacial score (nSPS) is 16.7. The van der Waals surface area contributed by atoms with Crippen molar-refractivity contribution in [1.29, 1.82) is 0 Å². The molecule has 26 heavy (non-hydrogen) atoms. The number of benzene rings is 2. The molecule has 0 radical (unpaired) electrons. The summed E-state index contributed by atoms with van der Waals surface area (Å²) >= 11 is 0. The highest BCUT2D eigenvalue weighted by atomic mass is 32.2. The van der Waals surface area contributed by atoms with Gasteiger partial charge in [-0.15, -0.1) is 0 Å². The Bertz CT molecular complexity index is 882. The SMILES string of the molecule is NC(=O)COc1ccc2c(c1)CCCC2CNS(=O)(=O)c1ccccc1. The van der Waals surface area contributed by atoms with Crippen LogP contribution in [0.2, 0.25) is 0 Å². The molecule has 0 saturated heterocycles. The van der Waals surface area contributed by atoms with Gasteiger partial charge in [0.2, 0.25) is 10.0 Å². The third-order valence-electron chi connectivity index (χ3n) is 4.51. The Kier molecular flexibility index (Phi) is 5.58. The lowest BCUT2D eigenvalue weighted by Gasteiger charge is -2.26. The van der Waals surface area contributed by atoms with Crippen molar-refractivity contribution in [2.75, 3.05) is 13.2 Å². The number of ether oxygens (including phenoxy) is 1. The summed E-state index contributed by atoms with van der Waals surface area (Å²) in [6.45, 7) is 0.199. The number of hydrogen-bond donors (Lipinski definition) is 2. The van der Waals surface area contributed by atoms with Crippen molar-refractivity contribution in [3.63, 3.8) is 0 Å². The van der Waals surface area contributed by atoms with Crippen LogP contribution >= 0.6 is 0 Å². The van der Waals surface area contributed by atoms with E-state index in [2.05, 4.69) is 4.72 Å². The fraction of sp³-hybridized carbons (Fsp3) is 0.316. The van der Waals surface area contributed by atoms with E-state index in [1.54, 1.807) is 36.4 Å². The van der Waals surface area contributed by atoms with Crippen molar-refractivity contribution < 1.29 is 17.9 Å². The van der Waals surface area contributed by atoms with Gasteiger partial charge in [0, 0.05) is 6.54 Å². The summed E-state index contributed by atoms with van der Waals surface area (Å²) in [7, 11) is -3.51. The molecule has 0 saturated carbocycles. The zero-order valence-corrected chi connectivity index (χ0v) is 15.2. The van der Waals surface area contributed by atoms with E-state index < -0.39 is 15.9 Å². The molecule has 6 nitrogen and oxygen atoms in total. The van der Waals surface area contributed by atoms with Gasteiger partial charge < -0.3 is 10.5 Å². The number of sulfonamides is 1. The third kappa shape index (κ3) is 4.42. The van der Waals surface area contributed by atoms with Gasteiger partial charge in [-0.3, -0.25) is 4.79 Å². The van der Waals surface area contributed by atoms with Gasteiger partial charge in [0.1, 0.15) is 5.75 Å². The van der Waals surface area contributed by atoms with Gasteiger partial charge in [0.25, 0.3) is 5.91 Å². The van der Waals surface area contributed by atoms with Gasteiger partial charge in [-0.05, 0) is 60.6 Å². The standard InChI is InChI=1S/C19H22N2O4S/c20-19(22)13-25-16-9-10-18-14(11-16)5-4-6-15(18)12-21-26(23,24)17-7-2-1-3-8-17/h1-3,7-11,15,21H,4-6,12-13H2,(H2,20,22). The Balaban J connectivity index is 1.70. The molecule has 1 aliphatic carbocycles. The number of rotatable bonds is 7. The maximum Gasteiger partial charge on any atom is 0.255 e. The summed E-state index contributed by atoms with van der Waals surface area (Å²) in [6, 6.07) is 14.0. The van der Waals surface area contributed by atoms with E-state index in [1.807, 2.05) is 12.1 Å². The molecule has 1 aliphatic rings. The molecular weight excluding hydrogens is 352 g/mol. The molecular formula is C19H22N2O4S. The Hall–Kier alpha value is -2.38. The minimum absolute atomic E-state index is 0.113. The molecule has 2 aromatic carbocycles. The zero-order chi connectivity index (χ0) is 18.6. The van der Waals surface area contributed by atoms with Gasteiger partial charge in [-0.2, -0.15) is 0 Å². The zero-order valence-electron chi connectivity index (χ0n) is 14.4. The van der Waals surface area contributed by atoms with E-state index in [0.29, 0.717) is 12.3 Å². The molecule has 1 atom stereocenters. The quantitative estimate of drug-likeness (QED) is 0.774. The molecule has 0 heterocycles. The lowest BCUT2D eigenvalue weighted by Crippen LogP contribution is -2.30. The number of amides is 1. The van der Waals surface area contributed by atoms with Crippen LogP contribution in [0.3, 0.4) is 0 Å². The Morgan fingerprint density at radius 1 is 1.19 bits per heavy atom. The number of aryl methyl sites for hydroxylation is 1. The van der Waals surface area contributed by atoms with Crippen molar-refractivity contribution in [2.45, 2.75) is 30.1 Å². The van der Waals surface area contributed by atoms with Crippen LogP contribution in [0.1, 0.15) is 29.9 Å². The second-order valence-corrected chi connectivity index (χ2v) is 8.14. The van der Waals surface area contributed by atoms with Gasteiger partial charge >= 0.3 is 0 Å². The van der Waals surface area contributed by atoms with Gasteiger partial charge in [0.15, 0.2) is 6.61 Å². The Morgan fingerprint density at radius 2 is 1.96 bits per heavy atom. The van der Waals surface area contributed by atoms with E-state index in [4.69, 9.17) is 10.5 Å². The number of nitrogens with two attached hydrogens (primary N) is 1. The number of primary amides is 1. The third-order valence-corrected chi connectivity index (χ3v) is 5.95. The first-order valence-electron chi connectivity index (χ1n) is 8.54.